The van der Waals surface area contributed by atoms with Crippen molar-refractivity contribution < 1.29 is 22.7 Å². The van der Waals surface area contributed by atoms with E-state index in [2.05, 4.69) is 15.0 Å². The maximum atomic E-state index is 13.2. The Labute approximate surface area is 171 Å². The van der Waals surface area contributed by atoms with Gasteiger partial charge in [0.25, 0.3) is 5.91 Å². The number of nitrogens with zero attached hydrogens (tertiary/aromatic N) is 5. The Kier molecular flexibility index (Phi) is 5.48. The van der Waals surface area contributed by atoms with Crippen LogP contribution in [-0.4, -0.2) is 58.0 Å². The highest BCUT2D eigenvalue weighted by molar-refractivity contribution is 5.96. The largest absolute Gasteiger partial charge is 0.477 e. The van der Waals surface area contributed by atoms with E-state index in [1.54, 1.807) is 28.1 Å². The molecule has 0 radical (unpaired) electrons. The van der Waals surface area contributed by atoms with Crippen LogP contribution < -0.4 is 9.64 Å². The van der Waals surface area contributed by atoms with Crippen molar-refractivity contribution in [1.29, 1.82) is 0 Å². The molecule has 0 bridgehead atoms. The van der Waals surface area contributed by atoms with Crippen LogP contribution in [0.1, 0.15) is 35.8 Å². The molecule has 2 atom stereocenters. The fourth-order valence-electron chi connectivity index (χ4n) is 4.19. The number of amides is 1. The summed E-state index contributed by atoms with van der Waals surface area (Å²) in [5.41, 5.74) is -0.571. The molecule has 10 heteroatoms. The van der Waals surface area contributed by atoms with Crippen molar-refractivity contribution in [2.24, 2.45) is 5.92 Å². The minimum Gasteiger partial charge on any atom is -0.477 e. The minimum atomic E-state index is -4.53. The number of fused-ring (bicyclic) bond motifs is 1. The number of ether oxygens (including phenoxy) is 1. The van der Waals surface area contributed by atoms with Gasteiger partial charge in [-0.25, -0.2) is 15.0 Å². The Balaban J connectivity index is 1.55. The predicted molar refractivity (Wildman–Crippen MR) is 102 cm³/mol. The molecule has 0 aliphatic carbocycles. The Morgan fingerprint density at radius 3 is 2.77 bits per heavy atom. The van der Waals surface area contributed by atoms with Crippen LogP contribution in [0, 0.1) is 5.92 Å². The lowest BCUT2D eigenvalue weighted by atomic mass is 9.92. The molecule has 0 N–H and O–H groups in total. The van der Waals surface area contributed by atoms with E-state index in [-0.39, 0.29) is 17.9 Å². The number of hydrogen-bond donors (Lipinski definition) is 0. The van der Waals surface area contributed by atoms with E-state index in [1.165, 1.54) is 0 Å². The van der Waals surface area contributed by atoms with Gasteiger partial charge in [0, 0.05) is 32.0 Å². The van der Waals surface area contributed by atoms with E-state index in [9.17, 15) is 18.0 Å². The number of hydrogen-bond acceptors (Lipinski definition) is 6. The molecule has 4 rings (SSSR count). The molecule has 7 nitrogen and oxygen atoms in total. The Morgan fingerprint density at radius 1 is 1.20 bits per heavy atom. The highest BCUT2D eigenvalue weighted by atomic mass is 19.4. The first-order chi connectivity index (χ1) is 14.4. The normalized spacial score (nSPS) is 21.5. The van der Waals surface area contributed by atoms with Gasteiger partial charge in [-0.3, -0.25) is 4.79 Å². The topological polar surface area (TPSA) is 71.5 Å². The molecule has 0 spiro atoms. The summed E-state index contributed by atoms with van der Waals surface area (Å²) in [6.07, 6.45) is -0.209. The average Bonchev–Trinajstić information content (AvgIpc) is 3.16. The zero-order valence-corrected chi connectivity index (χ0v) is 16.5. The van der Waals surface area contributed by atoms with Crippen molar-refractivity contribution >= 4 is 11.9 Å². The number of rotatable bonds is 4. The van der Waals surface area contributed by atoms with E-state index in [4.69, 9.17) is 4.74 Å². The van der Waals surface area contributed by atoms with Gasteiger partial charge in [0.2, 0.25) is 11.8 Å². The number of aromatic nitrogens is 3. The van der Waals surface area contributed by atoms with Crippen molar-refractivity contribution in [3.63, 3.8) is 0 Å². The summed E-state index contributed by atoms with van der Waals surface area (Å²) in [4.78, 5) is 28.6. The van der Waals surface area contributed by atoms with Gasteiger partial charge in [-0.2, -0.15) is 13.2 Å². The Hall–Kier alpha value is -2.91. The average molecular weight is 421 g/mol. The SMILES string of the molecule is CCOc1ncccc1C(=O)N1CCC2CCN(c3nccc(C(F)(F)F)n3)CC21. The number of anilines is 1. The summed E-state index contributed by atoms with van der Waals surface area (Å²) >= 11 is 0. The van der Waals surface area contributed by atoms with E-state index in [1.807, 2.05) is 6.92 Å². The Morgan fingerprint density at radius 2 is 2.00 bits per heavy atom. The molecular formula is C20H22F3N5O2. The third kappa shape index (κ3) is 3.90. The van der Waals surface area contributed by atoms with Gasteiger partial charge in [0.05, 0.1) is 12.6 Å². The number of alkyl halides is 3. The molecule has 2 aliphatic rings. The number of piperidine rings is 1. The summed E-state index contributed by atoms with van der Waals surface area (Å²) in [5, 5.41) is 0. The monoisotopic (exact) mass is 421 g/mol. The molecule has 2 saturated heterocycles. The molecule has 2 aromatic rings. The molecule has 2 fully saturated rings. The van der Waals surface area contributed by atoms with Gasteiger partial charge in [-0.15, -0.1) is 0 Å². The highest BCUT2D eigenvalue weighted by Crippen LogP contribution is 2.35. The molecule has 2 unspecified atom stereocenters. The first kappa shape index (κ1) is 20.4. The van der Waals surface area contributed by atoms with E-state index in [0.29, 0.717) is 43.6 Å². The first-order valence-corrected chi connectivity index (χ1v) is 9.92. The second-order valence-electron chi connectivity index (χ2n) is 7.38. The molecule has 0 saturated carbocycles. The van der Waals surface area contributed by atoms with Crippen molar-refractivity contribution in [3.8, 4) is 5.88 Å². The standard InChI is InChI=1S/C20H22F3N5O2/c1-2-30-17-14(4-3-8-24-17)18(29)28-11-7-13-6-10-27(12-15(13)28)19-25-9-5-16(26-19)20(21,22)23/h3-5,8-9,13,15H,2,6-7,10-12H2,1H3. The van der Waals surface area contributed by atoms with Gasteiger partial charge in [-0.1, -0.05) is 0 Å². The number of carbonyl (C=O) groups excluding carboxylic acids is 1. The van der Waals surface area contributed by atoms with Gasteiger partial charge >= 0.3 is 6.18 Å². The fourth-order valence-corrected chi connectivity index (χ4v) is 4.19. The molecule has 30 heavy (non-hydrogen) atoms. The summed E-state index contributed by atoms with van der Waals surface area (Å²) in [5.74, 6) is 0.454. The zero-order valence-electron chi connectivity index (χ0n) is 16.5. The van der Waals surface area contributed by atoms with Gasteiger partial charge < -0.3 is 14.5 Å². The molecule has 2 aromatic heterocycles. The van der Waals surface area contributed by atoms with Crippen LogP contribution in [-0.2, 0) is 6.18 Å². The predicted octanol–water partition coefficient (Wildman–Crippen LogP) is 3.03. The second kappa shape index (κ2) is 8.08. The number of likely N-dealkylation sites (tertiary alicyclic amines) is 1. The lowest BCUT2D eigenvalue weighted by molar-refractivity contribution is -0.141. The number of carbonyl (C=O) groups is 1. The minimum absolute atomic E-state index is 0.0407. The quantitative estimate of drug-likeness (QED) is 0.756. The fraction of sp³-hybridized carbons (Fsp3) is 0.500. The van der Waals surface area contributed by atoms with E-state index >= 15 is 0 Å². The van der Waals surface area contributed by atoms with Gasteiger partial charge in [0.1, 0.15) is 11.3 Å². The molecule has 1 amide bonds. The third-order valence-electron chi connectivity index (χ3n) is 5.62. The van der Waals surface area contributed by atoms with Crippen LogP contribution in [0.2, 0.25) is 0 Å². The van der Waals surface area contributed by atoms with Crippen LogP contribution in [0.3, 0.4) is 0 Å². The van der Waals surface area contributed by atoms with Crippen LogP contribution >= 0.6 is 0 Å². The summed E-state index contributed by atoms with van der Waals surface area (Å²) in [6, 6.07) is 4.11. The smallest absolute Gasteiger partial charge is 0.433 e. The zero-order chi connectivity index (χ0) is 21.3. The molecule has 2 aliphatic heterocycles. The summed E-state index contributed by atoms with van der Waals surface area (Å²) < 4.78 is 44.6. The van der Waals surface area contributed by atoms with Crippen molar-refractivity contribution in [2.75, 3.05) is 31.1 Å². The Bertz CT molecular complexity index is 923. The molecule has 160 valence electrons. The van der Waals surface area contributed by atoms with Crippen molar-refractivity contribution in [1.82, 2.24) is 19.9 Å². The van der Waals surface area contributed by atoms with Gasteiger partial charge in [-0.05, 0) is 43.9 Å². The van der Waals surface area contributed by atoms with Gasteiger partial charge in [0.15, 0.2) is 0 Å². The third-order valence-corrected chi connectivity index (χ3v) is 5.62. The first-order valence-electron chi connectivity index (χ1n) is 9.92. The molecule has 0 aromatic carbocycles. The lowest BCUT2D eigenvalue weighted by Gasteiger charge is -2.38. The maximum absolute atomic E-state index is 13.2. The van der Waals surface area contributed by atoms with Crippen molar-refractivity contribution in [2.45, 2.75) is 32.0 Å². The van der Waals surface area contributed by atoms with Crippen molar-refractivity contribution in [3.05, 3.63) is 41.9 Å². The van der Waals surface area contributed by atoms with Crippen LogP contribution in [0.25, 0.3) is 0 Å². The maximum Gasteiger partial charge on any atom is 0.433 e. The number of pyridine rings is 1. The van der Waals surface area contributed by atoms with Crippen LogP contribution in [0.5, 0.6) is 5.88 Å². The van der Waals surface area contributed by atoms with E-state index in [0.717, 1.165) is 25.1 Å². The molecule has 4 heterocycles. The second-order valence-corrected chi connectivity index (χ2v) is 7.38. The van der Waals surface area contributed by atoms with E-state index < -0.39 is 11.9 Å². The molecular weight excluding hydrogens is 399 g/mol. The highest BCUT2D eigenvalue weighted by Gasteiger charge is 2.42. The summed E-state index contributed by atoms with van der Waals surface area (Å²) in [7, 11) is 0. The lowest BCUT2D eigenvalue weighted by Crippen LogP contribution is -2.50. The summed E-state index contributed by atoms with van der Waals surface area (Å²) in [6.45, 7) is 3.75. The van der Waals surface area contributed by atoms with Crippen LogP contribution in [0.4, 0.5) is 19.1 Å². The number of halogens is 3. The van der Waals surface area contributed by atoms with Crippen LogP contribution in [0.15, 0.2) is 30.6 Å².